The van der Waals surface area contributed by atoms with Gasteiger partial charge in [0.25, 0.3) is 15.9 Å². The minimum atomic E-state index is -3.76. The number of carbonyl (C=O) groups excluding carboxylic acids is 1. The first-order valence-corrected chi connectivity index (χ1v) is 12.5. The van der Waals surface area contributed by atoms with Gasteiger partial charge in [0.1, 0.15) is 0 Å². The van der Waals surface area contributed by atoms with Crippen molar-refractivity contribution < 1.29 is 13.2 Å². The quantitative estimate of drug-likeness (QED) is 0.405. The summed E-state index contributed by atoms with van der Waals surface area (Å²) in [6, 6.07) is 20.3. The average molecular weight is 486 g/mol. The highest BCUT2D eigenvalue weighted by Gasteiger charge is 2.23. The molecule has 32 heavy (non-hydrogen) atoms. The van der Waals surface area contributed by atoms with E-state index in [0.29, 0.717) is 21.1 Å². The molecule has 9 heteroatoms. The standard InChI is InChI=1S/C23H20ClN3O3S2/c1-3-27(17-8-5-4-6-9-17)32(29,30)18-14-12-16(13-15-18)22(28)25-23-26(2)21-19(24)10-7-11-20(21)31-23/h4-15H,3H2,1-2H3. The third-order valence-corrected chi connectivity index (χ3v) is 8.31. The maximum atomic E-state index is 13.1. The summed E-state index contributed by atoms with van der Waals surface area (Å²) in [7, 11) is -1.96. The van der Waals surface area contributed by atoms with Gasteiger partial charge in [-0.3, -0.25) is 9.10 Å². The van der Waals surface area contributed by atoms with Gasteiger partial charge in [0.2, 0.25) is 0 Å². The Labute approximate surface area is 195 Å². The number of aryl methyl sites for hydroxylation is 1. The van der Waals surface area contributed by atoms with E-state index in [0.717, 1.165) is 10.2 Å². The van der Waals surface area contributed by atoms with E-state index >= 15 is 0 Å². The second-order valence-electron chi connectivity index (χ2n) is 6.98. The summed E-state index contributed by atoms with van der Waals surface area (Å²) in [4.78, 5) is 17.6. The van der Waals surface area contributed by atoms with Crippen LogP contribution in [0.4, 0.5) is 5.69 Å². The van der Waals surface area contributed by atoms with Gasteiger partial charge in [0.05, 0.1) is 25.8 Å². The summed E-state index contributed by atoms with van der Waals surface area (Å²) < 4.78 is 30.3. The van der Waals surface area contributed by atoms with Gasteiger partial charge >= 0.3 is 0 Å². The SMILES string of the molecule is CCN(c1ccccc1)S(=O)(=O)c1ccc(C(=O)N=c2sc3cccc(Cl)c3n2C)cc1. The molecule has 0 bridgehead atoms. The van der Waals surface area contributed by atoms with E-state index in [2.05, 4.69) is 4.99 Å². The summed E-state index contributed by atoms with van der Waals surface area (Å²) in [6.45, 7) is 2.06. The molecule has 0 saturated carbocycles. The van der Waals surface area contributed by atoms with Crippen LogP contribution < -0.4 is 9.11 Å². The number of hydrogen-bond acceptors (Lipinski definition) is 4. The van der Waals surface area contributed by atoms with Crippen LogP contribution in [0, 0.1) is 0 Å². The fourth-order valence-electron chi connectivity index (χ4n) is 3.40. The highest BCUT2D eigenvalue weighted by atomic mass is 35.5. The Morgan fingerprint density at radius 3 is 2.34 bits per heavy atom. The number of para-hydroxylation sites is 2. The Morgan fingerprint density at radius 2 is 1.72 bits per heavy atom. The molecular formula is C23H20ClN3O3S2. The third-order valence-electron chi connectivity index (χ3n) is 4.99. The van der Waals surface area contributed by atoms with Crippen molar-refractivity contribution in [1.29, 1.82) is 0 Å². The molecule has 0 aliphatic rings. The van der Waals surface area contributed by atoms with E-state index in [1.54, 1.807) is 48.9 Å². The molecule has 0 unspecified atom stereocenters. The lowest BCUT2D eigenvalue weighted by atomic mass is 10.2. The number of rotatable bonds is 5. The molecule has 0 aliphatic heterocycles. The fraction of sp³-hybridized carbons (Fsp3) is 0.130. The predicted molar refractivity (Wildman–Crippen MR) is 129 cm³/mol. The molecule has 4 aromatic rings. The van der Waals surface area contributed by atoms with Crippen LogP contribution in [0.1, 0.15) is 17.3 Å². The lowest BCUT2D eigenvalue weighted by molar-refractivity contribution is 0.0998. The van der Waals surface area contributed by atoms with Gasteiger partial charge < -0.3 is 4.57 Å². The average Bonchev–Trinajstić information content (AvgIpc) is 3.11. The van der Waals surface area contributed by atoms with Crippen molar-refractivity contribution in [2.45, 2.75) is 11.8 Å². The first-order chi connectivity index (χ1) is 15.3. The Bertz CT molecular complexity index is 1460. The van der Waals surface area contributed by atoms with Gasteiger partial charge in [-0.2, -0.15) is 4.99 Å². The van der Waals surface area contributed by atoms with E-state index in [1.807, 2.05) is 18.2 Å². The van der Waals surface area contributed by atoms with Crippen LogP contribution in [0.5, 0.6) is 0 Å². The number of benzene rings is 3. The molecule has 1 aromatic heterocycles. The Balaban J connectivity index is 1.65. The van der Waals surface area contributed by atoms with Crippen LogP contribution in [0.15, 0.2) is 82.7 Å². The number of aromatic nitrogens is 1. The first kappa shape index (κ1) is 22.3. The van der Waals surface area contributed by atoms with E-state index in [9.17, 15) is 13.2 Å². The molecular weight excluding hydrogens is 466 g/mol. The molecule has 0 aliphatic carbocycles. The lowest BCUT2D eigenvalue weighted by Crippen LogP contribution is -2.30. The largest absolute Gasteiger partial charge is 0.318 e. The Kier molecular flexibility index (Phi) is 6.19. The predicted octanol–water partition coefficient (Wildman–Crippen LogP) is 4.85. The molecule has 1 heterocycles. The number of carbonyl (C=O) groups is 1. The molecule has 6 nitrogen and oxygen atoms in total. The van der Waals surface area contributed by atoms with Crippen molar-refractivity contribution in [1.82, 2.24) is 4.57 Å². The molecule has 3 aromatic carbocycles. The molecule has 0 radical (unpaired) electrons. The second kappa shape index (κ2) is 8.90. The summed E-state index contributed by atoms with van der Waals surface area (Å²) in [6.07, 6.45) is 0. The van der Waals surface area contributed by atoms with Crippen LogP contribution in [0.25, 0.3) is 10.2 Å². The van der Waals surface area contributed by atoms with Crippen molar-refractivity contribution >= 4 is 54.8 Å². The van der Waals surface area contributed by atoms with Crippen molar-refractivity contribution in [3.63, 3.8) is 0 Å². The molecule has 4 rings (SSSR count). The summed E-state index contributed by atoms with van der Waals surface area (Å²) in [5.74, 6) is -0.456. The molecule has 0 fully saturated rings. The second-order valence-corrected chi connectivity index (χ2v) is 10.3. The van der Waals surface area contributed by atoms with Crippen LogP contribution in [0.3, 0.4) is 0 Å². The van der Waals surface area contributed by atoms with Crippen LogP contribution >= 0.6 is 22.9 Å². The van der Waals surface area contributed by atoms with Crippen molar-refractivity contribution in [2.24, 2.45) is 12.0 Å². The summed E-state index contributed by atoms with van der Waals surface area (Å²) in [5, 5.41) is 0.587. The molecule has 1 amide bonds. The van der Waals surface area contributed by atoms with Gasteiger partial charge in [0, 0.05) is 19.2 Å². The van der Waals surface area contributed by atoms with E-state index in [1.165, 1.54) is 39.9 Å². The molecule has 0 N–H and O–H groups in total. The minimum absolute atomic E-state index is 0.110. The van der Waals surface area contributed by atoms with Gasteiger partial charge in [-0.05, 0) is 55.5 Å². The van der Waals surface area contributed by atoms with Crippen molar-refractivity contribution in [2.75, 3.05) is 10.8 Å². The summed E-state index contributed by atoms with van der Waals surface area (Å²) in [5.41, 5.74) is 1.70. The first-order valence-electron chi connectivity index (χ1n) is 9.84. The zero-order valence-electron chi connectivity index (χ0n) is 17.4. The Hall–Kier alpha value is -2.94. The van der Waals surface area contributed by atoms with Crippen LogP contribution in [-0.2, 0) is 17.1 Å². The maximum Gasteiger partial charge on any atom is 0.279 e. The van der Waals surface area contributed by atoms with Gasteiger partial charge in [-0.1, -0.05) is 47.2 Å². The highest BCUT2D eigenvalue weighted by Crippen LogP contribution is 2.25. The van der Waals surface area contributed by atoms with Gasteiger partial charge in [-0.15, -0.1) is 0 Å². The van der Waals surface area contributed by atoms with Gasteiger partial charge in [0.15, 0.2) is 4.80 Å². The number of amides is 1. The number of thiazole rings is 1. The zero-order chi connectivity index (χ0) is 22.9. The van der Waals surface area contributed by atoms with Crippen molar-refractivity contribution in [3.8, 4) is 0 Å². The number of nitrogens with zero attached hydrogens (tertiary/aromatic N) is 3. The highest BCUT2D eigenvalue weighted by molar-refractivity contribution is 7.92. The molecule has 0 saturated heterocycles. The summed E-state index contributed by atoms with van der Waals surface area (Å²) >= 11 is 7.63. The fourth-order valence-corrected chi connectivity index (χ4v) is 6.27. The smallest absolute Gasteiger partial charge is 0.279 e. The van der Waals surface area contributed by atoms with Crippen LogP contribution in [0.2, 0.25) is 5.02 Å². The third kappa shape index (κ3) is 4.09. The van der Waals surface area contributed by atoms with Crippen LogP contribution in [-0.4, -0.2) is 25.4 Å². The molecule has 0 atom stereocenters. The number of halogens is 1. The topological polar surface area (TPSA) is 71.7 Å². The number of hydrogen-bond donors (Lipinski definition) is 0. The Morgan fingerprint density at radius 1 is 1.03 bits per heavy atom. The molecule has 164 valence electrons. The number of fused-ring (bicyclic) bond motifs is 1. The zero-order valence-corrected chi connectivity index (χ0v) is 19.8. The van der Waals surface area contributed by atoms with Gasteiger partial charge in [-0.25, -0.2) is 8.42 Å². The minimum Gasteiger partial charge on any atom is -0.318 e. The monoisotopic (exact) mass is 485 g/mol. The van der Waals surface area contributed by atoms with E-state index < -0.39 is 15.9 Å². The normalized spacial score (nSPS) is 12.3. The number of sulfonamides is 1. The lowest BCUT2D eigenvalue weighted by Gasteiger charge is -2.22. The van der Waals surface area contributed by atoms with E-state index in [4.69, 9.17) is 11.6 Å². The van der Waals surface area contributed by atoms with E-state index in [-0.39, 0.29) is 11.4 Å². The maximum absolute atomic E-state index is 13.1. The van der Waals surface area contributed by atoms with Crippen molar-refractivity contribution in [3.05, 3.63) is 88.2 Å². The number of anilines is 1. The molecule has 0 spiro atoms.